The maximum atomic E-state index is 3.58. The summed E-state index contributed by atoms with van der Waals surface area (Å²) in [6.07, 6.45) is 3.74. The van der Waals surface area contributed by atoms with Gasteiger partial charge in [0.25, 0.3) is 0 Å². The van der Waals surface area contributed by atoms with Crippen molar-refractivity contribution >= 4 is 15.9 Å². The zero-order valence-electron chi connectivity index (χ0n) is 5.32. The lowest BCUT2D eigenvalue weighted by atomic mass is 10.2. The van der Waals surface area contributed by atoms with Gasteiger partial charge in [0.15, 0.2) is 0 Å². The van der Waals surface area contributed by atoms with E-state index in [-0.39, 0.29) is 0 Å². The topological polar surface area (TPSA) is 0 Å². The zero-order valence-corrected chi connectivity index (χ0v) is 6.90. The van der Waals surface area contributed by atoms with Crippen LogP contribution in [0.3, 0.4) is 0 Å². The van der Waals surface area contributed by atoms with Gasteiger partial charge in [-0.15, -0.1) is 0 Å². The first-order valence-corrected chi connectivity index (χ1v) is 3.46. The van der Waals surface area contributed by atoms with Crippen LogP contribution in [0.2, 0.25) is 0 Å². The van der Waals surface area contributed by atoms with Crippen molar-refractivity contribution < 1.29 is 0 Å². The van der Waals surface area contributed by atoms with Gasteiger partial charge in [0.1, 0.15) is 0 Å². The quantitative estimate of drug-likeness (QED) is 0.565. The molecule has 0 radical (unpaired) electrons. The van der Waals surface area contributed by atoms with Crippen molar-refractivity contribution in [3.63, 3.8) is 0 Å². The van der Waals surface area contributed by atoms with E-state index in [4.69, 9.17) is 0 Å². The number of halogens is 1. The minimum absolute atomic E-state index is 0.577. The maximum Gasteiger partial charge on any atom is -0.00241 e. The largest absolute Gasteiger partial charge is 0.0990 e. The molecule has 0 aromatic heterocycles. The Morgan fingerprint density at radius 2 is 2.12 bits per heavy atom. The number of allylic oxidation sites excluding steroid dienone is 3. The van der Waals surface area contributed by atoms with E-state index in [0.717, 1.165) is 0 Å². The first-order valence-electron chi connectivity index (χ1n) is 2.66. The summed E-state index contributed by atoms with van der Waals surface area (Å²) in [5.74, 6) is 0.577. The third-order valence-corrected chi connectivity index (χ3v) is 2.01. The molecule has 0 aromatic rings. The van der Waals surface area contributed by atoms with E-state index in [1.165, 1.54) is 4.48 Å². The summed E-state index contributed by atoms with van der Waals surface area (Å²) in [5.41, 5.74) is 0. The second-order valence-corrected chi connectivity index (χ2v) is 2.86. The Labute approximate surface area is 59.4 Å². The molecule has 0 aliphatic rings. The Balaban J connectivity index is 3.78. The Kier molecular flexibility index (Phi) is 3.88. The zero-order chi connectivity index (χ0) is 6.57. The SMILES string of the molecule is C=C/C=C(/Br)C(C)C. The lowest BCUT2D eigenvalue weighted by Gasteiger charge is -1.98. The predicted octanol–water partition coefficient (Wildman–Crippen LogP) is 3.11. The van der Waals surface area contributed by atoms with Crippen molar-refractivity contribution in [3.05, 3.63) is 23.2 Å². The van der Waals surface area contributed by atoms with Gasteiger partial charge in [0.2, 0.25) is 0 Å². The molecule has 8 heavy (non-hydrogen) atoms. The Morgan fingerprint density at radius 3 is 2.25 bits per heavy atom. The first kappa shape index (κ1) is 7.96. The molecule has 0 saturated heterocycles. The van der Waals surface area contributed by atoms with E-state index in [9.17, 15) is 0 Å². The smallest absolute Gasteiger partial charge is 0.00241 e. The number of hydrogen-bond donors (Lipinski definition) is 0. The molecule has 0 fully saturated rings. The van der Waals surface area contributed by atoms with Crippen molar-refractivity contribution in [2.45, 2.75) is 13.8 Å². The molecular weight excluding hydrogens is 164 g/mol. The van der Waals surface area contributed by atoms with Crippen molar-refractivity contribution in [2.75, 3.05) is 0 Å². The molecule has 0 amide bonds. The number of hydrogen-bond acceptors (Lipinski definition) is 0. The molecule has 0 rings (SSSR count). The molecule has 0 bridgehead atoms. The van der Waals surface area contributed by atoms with E-state index in [1.807, 2.05) is 6.08 Å². The molecule has 0 aliphatic carbocycles. The van der Waals surface area contributed by atoms with Gasteiger partial charge in [-0.05, 0) is 10.4 Å². The standard InChI is InChI=1S/C7H11Br/c1-4-5-7(8)6(2)3/h4-6H,1H2,2-3H3/b7-5+. The van der Waals surface area contributed by atoms with E-state index in [2.05, 4.69) is 36.4 Å². The van der Waals surface area contributed by atoms with Gasteiger partial charge >= 0.3 is 0 Å². The second-order valence-electron chi connectivity index (χ2n) is 1.94. The fraction of sp³-hybridized carbons (Fsp3) is 0.429. The third-order valence-electron chi connectivity index (χ3n) is 0.829. The van der Waals surface area contributed by atoms with Gasteiger partial charge in [-0.3, -0.25) is 0 Å². The Hall–Kier alpha value is -0.0400. The minimum Gasteiger partial charge on any atom is -0.0990 e. The molecule has 0 atom stereocenters. The van der Waals surface area contributed by atoms with Crippen LogP contribution in [0.5, 0.6) is 0 Å². The van der Waals surface area contributed by atoms with Crippen LogP contribution in [-0.4, -0.2) is 0 Å². The predicted molar refractivity (Wildman–Crippen MR) is 42.0 cm³/mol. The molecule has 1 heteroatoms. The molecule has 0 nitrogen and oxygen atoms in total. The fourth-order valence-electron chi connectivity index (χ4n) is 0.305. The van der Waals surface area contributed by atoms with Crippen molar-refractivity contribution in [2.24, 2.45) is 5.92 Å². The highest BCUT2D eigenvalue weighted by molar-refractivity contribution is 9.11. The summed E-state index contributed by atoms with van der Waals surface area (Å²) >= 11 is 3.39. The van der Waals surface area contributed by atoms with Gasteiger partial charge in [-0.1, -0.05) is 48.5 Å². The van der Waals surface area contributed by atoms with Gasteiger partial charge in [0.05, 0.1) is 0 Å². The lowest BCUT2D eigenvalue weighted by molar-refractivity contribution is 0.821. The molecule has 0 saturated carbocycles. The van der Waals surface area contributed by atoms with Crippen LogP contribution in [-0.2, 0) is 0 Å². The fourth-order valence-corrected chi connectivity index (χ4v) is 0.492. The Morgan fingerprint density at radius 1 is 1.62 bits per heavy atom. The average Bonchev–Trinajstić information content (AvgIpc) is 1.67. The van der Waals surface area contributed by atoms with Crippen LogP contribution in [0, 0.1) is 5.92 Å². The van der Waals surface area contributed by atoms with Crippen molar-refractivity contribution in [1.29, 1.82) is 0 Å². The molecule has 46 valence electrons. The average molecular weight is 175 g/mol. The summed E-state index contributed by atoms with van der Waals surface area (Å²) in [4.78, 5) is 0. The van der Waals surface area contributed by atoms with Crippen LogP contribution in [0.4, 0.5) is 0 Å². The highest BCUT2D eigenvalue weighted by Crippen LogP contribution is 2.15. The monoisotopic (exact) mass is 174 g/mol. The maximum absolute atomic E-state index is 3.58. The van der Waals surface area contributed by atoms with E-state index >= 15 is 0 Å². The van der Waals surface area contributed by atoms with Crippen LogP contribution in [0.1, 0.15) is 13.8 Å². The summed E-state index contributed by atoms with van der Waals surface area (Å²) in [6, 6.07) is 0. The van der Waals surface area contributed by atoms with Crippen LogP contribution >= 0.6 is 15.9 Å². The number of rotatable bonds is 2. The lowest BCUT2D eigenvalue weighted by Crippen LogP contribution is -1.82. The van der Waals surface area contributed by atoms with Crippen molar-refractivity contribution in [3.8, 4) is 0 Å². The van der Waals surface area contributed by atoms with E-state index in [1.54, 1.807) is 6.08 Å². The minimum atomic E-state index is 0.577. The van der Waals surface area contributed by atoms with Crippen LogP contribution in [0.15, 0.2) is 23.2 Å². The first-order chi connectivity index (χ1) is 3.68. The van der Waals surface area contributed by atoms with E-state index < -0.39 is 0 Å². The van der Waals surface area contributed by atoms with Gasteiger partial charge in [0, 0.05) is 0 Å². The third kappa shape index (κ3) is 3.03. The summed E-state index contributed by atoms with van der Waals surface area (Å²) in [5, 5.41) is 0. The molecular formula is C7H11Br. The molecule has 0 unspecified atom stereocenters. The molecule has 0 aromatic carbocycles. The van der Waals surface area contributed by atoms with Gasteiger partial charge in [-0.25, -0.2) is 0 Å². The van der Waals surface area contributed by atoms with Gasteiger partial charge < -0.3 is 0 Å². The Bertz CT molecular complexity index is 101. The second kappa shape index (κ2) is 3.90. The molecule has 0 N–H and O–H groups in total. The highest BCUT2D eigenvalue weighted by Gasteiger charge is 1.93. The van der Waals surface area contributed by atoms with Crippen LogP contribution in [0.25, 0.3) is 0 Å². The molecule has 0 heterocycles. The summed E-state index contributed by atoms with van der Waals surface area (Å²) < 4.78 is 1.20. The molecule has 0 aliphatic heterocycles. The van der Waals surface area contributed by atoms with E-state index in [0.29, 0.717) is 5.92 Å². The van der Waals surface area contributed by atoms with Crippen LogP contribution < -0.4 is 0 Å². The summed E-state index contributed by atoms with van der Waals surface area (Å²) in [6.45, 7) is 7.83. The normalized spacial score (nSPS) is 12.2. The van der Waals surface area contributed by atoms with Gasteiger partial charge in [-0.2, -0.15) is 0 Å². The highest BCUT2D eigenvalue weighted by atomic mass is 79.9. The van der Waals surface area contributed by atoms with Crippen molar-refractivity contribution in [1.82, 2.24) is 0 Å². The molecule has 0 spiro atoms. The summed E-state index contributed by atoms with van der Waals surface area (Å²) in [7, 11) is 0.